The van der Waals surface area contributed by atoms with Crippen LogP contribution in [-0.2, 0) is 0 Å². The zero-order valence-electron chi connectivity index (χ0n) is 21.4. The van der Waals surface area contributed by atoms with Crippen LogP contribution in [0.5, 0.6) is 11.5 Å². The number of anilines is 2. The lowest BCUT2D eigenvalue weighted by Crippen LogP contribution is -2.32. The van der Waals surface area contributed by atoms with E-state index in [1.54, 1.807) is 19.2 Å². The van der Waals surface area contributed by atoms with Gasteiger partial charge in [0.1, 0.15) is 12.1 Å². The number of piperidine rings is 1. The van der Waals surface area contributed by atoms with Crippen LogP contribution >= 0.6 is 15.9 Å². The molecule has 3 aromatic carbocycles. The van der Waals surface area contributed by atoms with Crippen LogP contribution in [0.25, 0.3) is 22.0 Å². The summed E-state index contributed by atoms with van der Waals surface area (Å²) in [5.41, 5.74) is 9.26. The average Bonchev–Trinajstić information content (AvgIpc) is 2.93. The number of carbonyl (C=O) groups excluding carboxylic acids is 1. The molecule has 0 spiro atoms. The molecule has 38 heavy (non-hydrogen) atoms. The van der Waals surface area contributed by atoms with Crippen molar-refractivity contribution in [1.82, 2.24) is 14.9 Å². The first-order valence-electron chi connectivity index (χ1n) is 12.5. The average molecular weight is 576 g/mol. The molecule has 1 amide bonds. The van der Waals surface area contributed by atoms with Gasteiger partial charge < -0.3 is 25.4 Å². The van der Waals surface area contributed by atoms with Gasteiger partial charge in [-0.3, -0.25) is 4.79 Å². The molecule has 2 heterocycles. The van der Waals surface area contributed by atoms with E-state index in [1.165, 1.54) is 6.33 Å². The number of methoxy groups -OCH3 is 1. The minimum absolute atomic E-state index is 0.463. The number of hydrogen-bond acceptors (Lipinski definition) is 7. The van der Waals surface area contributed by atoms with Crippen LogP contribution in [-0.4, -0.2) is 54.6 Å². The highest BCUT2D eigenvalue weighted by Gasteiger charge is 2.19. The molecule has 0 radical (unpaired) electrons. The first-order valence-corrected chi connectivity index (χ1v) is 13.3. The Bertz CT molecular complexity index is 1470. The fourth-order valence-electron chi connectivity index (χ4n) is 4.73. The van der Waals surface area contributed by atoms with Crippen LogP contribution in [0.4, 0.5) is 11.5 Å². The molecule has 1 aromatic heterocycles. The van der Waals surface area contributed by atoms with E-state index in [-0.39, 0.29) is 0 Å². The van der Waals surface area contributed by atoms with Gasteiger partial charge in [-0.2, -0.15) is 0 Å². The maximum absolute atomic E-state index is 11.9. The van der Waals surface area contributed by atoms with Crippen LogP contribution in [0.2, 0.25) is 0 Å². The van der Waals surface area contributed by atoms with Crippen molar-refractivity contribution in [3.63, 3.8) is 0 Å². The molecule has 196 valence electrons. The number of benzene rings is 3. The maximum atomic E-state index is 11.9. The molecule has 1 aliphatic heterocycles. The molecule has 3 N–H and O–H groups in total. The van der Waals surface area contributed by atoms with Gasteiger partial charge in [0, 0.05) is 21.5 Å². The molecule has 0 unspecified atom stereocenters. The fourth-order valence-corrected chi connectivity index (χ4v) is 5.21. The number of likely N-dealkylation sites (tertiary alicyclic amines) is 1. The SMILES string of the molecule is COc1cc2c(Nc3ccc(-c4ccccc4C(N)=O)cc3Br)ncnc2cc1OCC1CCN(C)CC1. The zero-order chi connectivity index (χ0) is 26.6. The van der Waals surface area contributed by atoms with Gasteiger partial charge in [-0.15, -0.1) is 0 Å². The topological polar surface area (TPSA) is 103 Å². The van der Waals surface area contributed by atoms with Gasteiger partial charge in [0.2, 0.25) is 5.91 Å². The lowest BCUT2D eigenvalue weighted by molar-refractivity contribution is 0.100. The van der Waals surface area contributed by atoms with E-state index < -0.39 is 5.91 Å². The number of carbonyl (C=O) groups is 1. The molecule has 0 aliphatic carbocycles. The second kappa shape index (κ2) is 11.4. The second-order valence-electron chi connectivity index (χ2n) is 9.53. The molecular weight excluding hydrogens is 546 g/mol. The fraction of sp³-hybridized carbons (Fsp3) is 0.276. The number of halogens is 1. The summed E-state index contributed by atoms with van der Waals surface area (Å²) >= 11 is 3.66. The van der Waals surface area contributed by atoms with E-state index in [0.29, 0.717) is 35.4 Å². The minimum atomic E-state index is -0.463. The van der Waals surface area contributed by atoms with Gasteiger partial charge in [-0.1, -0.05) is 24.3 Å². The Morgan fingerprint density at radius 1 is 1.11 bits per heavy atom. The highest BCUT2D eigenvalue weighted by molar-refractivity contribution is 9.10. The monoisotopic (exact) mass is 575 g/mol. The number of nitrogens with zero attached hydrogens (tertiary/aromatic N) is 3. The van der Waals surface area contributed by atoms with Gasteiger partial charge in [0.05, 0.1) is 24.9 Å². The summed E-state index contributed by atoms with van der Waals surface area (Å²) in [5, 5.41) is 4.21. The van der Waals surface area contributed by atoms with E-state index in [9.17, 15) is 4.79 Å². The molecular formula is C29H30BrN5O3. The Hall–Kier alpha value is -3.69. The van der Waals surface area contributed by atoms with Crippen LogP contribution in [0.1, 0.15) is 23.2 Å². The number of amides is 1. The Balaban J connectivity index is 1.39. The summed E-state index contributed by atoms with van der Waals surface area (Å²) in [6.45, 7) is 2.85. The first kappa shape index (κ1) is 25.9. The summed E-state index contributed by atoms with van der Waals surface area (Å²) < 4.78 is 12.7. The number of fused-ring (bicyclic) bond motifs is 1. The second-order valence-corrected chi connectivity index (χ2v) is 10.4. The van der Waals surface area contributed by atoms with Gasteiger partial charge in [-0.25, -0.2) is 9.97 Å². The van der Waals surface area contributed by atoms with Gasteiger partial charge >= 0.3 is 0 Å². The van der Waals surface area contributed by atoms with Crippen LogP contribution < -0.4 is 20.5 Å². The number of primary amides is 1. The van der Waals surface area contributed by atoms with Crippen molar-refractivity contribution in [2.24, 2.45) is 11.7 Å². The molecule has 1 saturated heterocycles. The number of nitrogens with two attached hydrogens (primary N) is 1. The maximum Gasteiger partial charge on any atom is 0.249 e. The molecule has 0 atom stereocenters. The molecule has 8 nitrogen and oxygen atoms in total. The first-order chi connectivity index (χ1) is 18.4. The third kappa shape index (κ3) is 5.58. The van der Waals surface area contributed by atoms with Crippen molar-refractivity contribution in [3.05, 3.63) is 71.0 Å². The lowest BCUT2D eigenvalue weighted by Gasteiger charge is -2.28. The lowest BCUT2D eigenvalue weighted by atomic mass is 9.98. The quantitative estimate of drug-likeness (QED) is 0.280. The number of aromatic nitrogens is 2. The highest BCUT2D eigenvalue weighted by Crippen LogP contribution is 2.37. The van der Waals surface area contributed by atoms with Gasteiger partial charge in [-0.05, 0) is 90.2 Å². The predicted molar refractivity (Wildman–Crippen MR) is 153 cm³/mol. The van der Waals surface area contributed by atoms with E-state index in [2.05, 4.69) is 43.2 Å². The third-order valence-corrected chi connectivity index (χ3v) is 7.62. The highest BCUT2D eigenvalue weighted by atomic mass is 79.9. The van der Waals surface area contributed by atoms with E-state index in [1.807, 2.05) is 42.5 Å². The summed E-state index contributed by atoms with van der Waals surface area (Å²) in [5.74, 6) is 2.03. The van der Waals surface area contributed by atoms with E-state index in [4.69, 9.17) is 15.2 Å². The molecule has 5 rings (SSSR count). The third-order valence-electron chi connectivity index (χ3n) is 6.96. The summed E-state index contributed by atoms with van der Waals surface area (Å²) in [4.78, 5) is 23.2. The van der Waals surface area contributed by atoms with E-state index >= 15 is 0 Å². The summed E-state index contributed by atoms with van der Waals surface area (Å²) in [6.07, 6.45) is 3.79. The van der Waals surface area contributed by atoms with Crippen molar-refractivity contribution >= 4 is 44.2 Å². The molecule has 9 heteroatoms. The molecule has 0 bridgehead atoms. The largest absolute Gasteiger partial charge is 0.493 e. The molecule has 1 fully saturated rings. The van der Waals surface area contributed by atoms with Crippen LogP contribution in [0, 0.1) is 5.92 Å². The van der Waals surface area contributed by atoms with Crippen molar-refractivity contribution in [3.8, 4) is 22.6 Å². The Morgan fingerprint density at radius 2 is 1.89 bits per heavy atom. The van der Waals surface area contributed by atoms with Crippen molar-refractivity contribution in [1.29, 1.82) is 0 Å². The Kier molecular flexibility index (Phi) is 7.76. The Labute approximate surface area is 230 Å². The van der Waals surface area contributed by atoms with Gasteiger partial charge in [0.15, 0.2) is 11.5 Å². The van der Waals surface area contributed by atoms with Gasteiger partial charge in [0.25, 0.3) is 0 Å². The van der Waals surface area contributed by atoms with Crippen molar-refractivity contribution < 1.29 is 14.3 Å². The minimum Gasteiger partial charge on any atom is -0.493 e. The molecule has 1 aliphatic rings. The van der Waals surface area contributed by atoms with Crippen LogP contribution in [0.3, 0.4) is 0 Å². The van der Waals surface area contributed by atoms with E-state index in [0.717, 1.165) is 58.1 Å². The number of hydrogen-bond donors (Lipinski definition) is 2. The Morgan fingerprint density at radius 3 is 2.63 bits per heavy atom. The zero-order valence-corrected chi connectivity index (χ0v) is 23.0. The van der Waals surface area contributed by atoms with Crippen molar-refractivity contribution in [2.45, 2.75) is 12.8 Å². The molecule has 4 aromatic rings. The standard InChI is InChI=1S/C29H30BrN5O3/c1-35-11-9-18(10-12-35)16-38-27-15-25-22(14-26(27)37-2)29(33-17-32-25)34-24-8-7-19(13-23(24)30)20-5-3-4-6-21(20)28(31)36/h3-8,13-15,17-18H,9-12,16H2,1-2H3,(H2,31,36)(H,32,33,34). The van der Waals surface area contributed by atoms with Crippen LogP contribution in [0.15, 0.2) is 65.4 Å². The molecule has 0 saturated carbocycles. The number of nitrogens with one attached hydrogen (secondary N) is 1. The smallest absolute Gasteiger partial charge is 0.249 e. The number of rotatable bonds is 8. The summed E-state index contributed by atoms with van der Waals surface area (Å²) in [6, 6.07) is 16.9. The number of ether oxygens (including phenoxy) is 2. The normalized spacial score (nSPS) is 14.4. The predicted octanol–water partition coefficient (Wildman–Crippen LogP) is 5.63. The summed E-state index contributed by atoms with van der Waals surface area (Å²) in [7, 11) is 3.80. The van der Waals surface area contributed by atoms with Crippen molar-refractivity contribution in [2.75, 3.05) is 39.2 Å².